The molecule has 0 radical (unpaired) electrons. The number of aliphatic hydroxyl groups excluding tert-OH is 1. The van der Waals surface area contributed by atoms with E-state index in [1.807, 2.05) is 6.92 Å². The first-order valence-corrected chi connectivity index (χ1v) is 5.95. The number of carbonyl (C=O) groups is 2. The molecule has 0 aromatic rings. The van der Waals surface area contributed by atoms with Crippen molar-refractivity contribution in [1.82, 2.24) is 10.6 Å². The number of carboxylic acids is 1. The van der Waals surface area contributed by atoms with E-state index in [4.69, 9.17) is 10.2 Å². The molecule has 1 heterocycles. The van der Waals surface area contributed by atoms with Gasteiger partial charge in [-0.05, 0) is 25.8 Å². The van der Waals surface area contributed by atoms with Gasteiger partial charge in [0.2, 0.25) is 5.91 Å². The zero-order chi connectivity index (χ0) is 12.9. The molecule has 0 saturated carbocycles. The van der Waals surface area contributed by atoms with E-state index in [1.54, 1.807) is 0 Å². The Bertz CT molecular complexity index is 287. The van der Waals surface area contributed by atoms with Crippen LogP contribution in [0.15, 0.2) is 0 Å². The number of aliphatic carboxylic acids is 1. The van der Waals surface area contributed by atoms with Crippen molar-refractivity contribution in [3.05, 3.63) is 0 Å². The first kappa shape index (κ1) is 13.9. The Morgan fingerprint density at radius 2 is 2.24 bits per heavy atom. The van der Waals surface area contributed by atoms with Gasteiger partial charge in [0.1, 0.15) is 6.04 Å². The van der Waals surface area contributed by atoms with Gasteiger partial charge in [-0.1, -0.05) is 13.3 Å². The molecule has 98 valence electrons. The molecule has 0 spiro atoms. The number of carboxylic acid groups (broad SMARTS) is 1. The lowest BCUT2D eigenvalue weighted by atomic mass is 9.90. The maximum absolute atomic E-state index is 12.1. The summed E-state index contributed by atoms with van der Waals surface area (Å²) in [4.78, 5) is 22.8. The molecular weight excluding hydrogens is 224 g/mol. The van der Waals surface area contributed by atoms with Crippen LogP contribution in [0.5, 0.6) is 0 Å². The predicted molar refractivity (Wildman–Crippen MR) is 61.5 cm³/mol. The summed E-state index contributed by atoms with van der Waals surface area (Å²) in [6.07, 6.45) is 3.14. The molecule has 1 aliphatic rings. The molecular formula is C11H20N2O4. The zero-order valence-electron chi connectivity index (χ0n) is 10.0. The standard InChI is InChI=1S/C11H20N2O4/c1-2-4-11(5-3-6-12-11)10(17)13-8(7-14)9(15)16/h8,12,14H,2-7H2,1H3,(H,13,17)(H,15,16). The van der Waals surface area contributed by atoms with E-state index in [1.165, 1.54) is 0 Å². The molecule has 0 bridgehead atoms. The summed E-state index contributed by atoms with van der Waals surface area (Å²) in [5.74, 6) is -1.54. The highest BCUT2D eigenvalue weighted by atomic mass is 16.4. The molecule has 1 amide bonds. The molecule has 6 heteroatoms. The number of aliphatic hydroxyl groups is 1. The first-order valence-electron chi connectivity index (χ1n) is 5.95. The monoisotopic (exact) mass is 244 g/mol. The maximum atomic E-state index is 12.1. The highest BCUT2D eigenvalue weighted by molar-refractivity contribution is 5.90. The second kappa shape index (κ2) is 5.97. The van der Waals surface area contributed by atoms with Crippen LogP contribution in [0.4, 0.5) is 0 Å². The number of rotatable bonds is 6. The minimum Gasteiger partial charge on any atom is -0.480 e. The lowest BCUT2D eigenvalue weighted by molar-refractivity contribution is -0.144. The smallest absolute Gasteiger partial charge is 0.328 e. The van der Waals surface area contributed by atoms with E-state index in [0.717, 1.165) is 19.4 Å². The van der Waals surface area contributed by atoms with Gasteiger partial charge in [0.15, 0.2) is 0 Å². The fourth-order valence-corrected chi connectivity index (χ4v) is 2.24. The Morgan fingerprint density at radius 3 is 2.65 bits per heavy atom. The lowest BCUT2D eigenvalue weighted by Crippen LogP contribution is -2.57. The molecule has 0 aromatic heterocycles. The van der Waals surface area contributed by atoms with Gasteiger partial charge in [-0.15, -0.1) is 0 Å². The van der Waals surface area contributed by atoms with Gasteiger partial charge >= 0.3 is 5.97 Å². The Labute approximate surface area is 100 Å². The van der Waals surface area contributed by atoms with E-state index < -0.39 is 24.2 Å². The van der Waals surface area contributed by atoms with Crippen molar-refractivity contribution in [3.63, 3.8) is 0 Å². The summed E-state index contributed by atoms with van der Waals surface area (Å²) >= 11 is 0. The zero-order valence-corrected chi connectivity index (χ0v) is 10.0. The molecule has 1 aliphatic heterocycles. The fourth-order valence-electron chi connectivity index (χ4n) is 2.24. The predicted octanol–water partition coefficient (Wildman–Crippen LogP) is -0.530. The number of amides is 1. The number of nitrogens with one attached hydrogen (secondary N) is 2. The summed E-state index contributed by atoms with van der Waals surface area (Å²) < 4.78 is 0. The van der Waals surface area contributed by atoms with Gasteiger partial charge < -0.3 is 20.8 Å². The summed E-state index contributed by atoms with van der Waals surface area (Å²) in [6, 6.07) is -1.22. The highest BCUT2D eigenvalue weighted by Gasteiger charge is 2.41. The highest BCUT2D eigenvalue weighted by Crippen LogP contribution is 2.25. The van der Waals surface area contributed by atoms with Crippen molar-refractivity contribution in [2.45, 2.75) is 44.2 Å². The number of carbonyl (C=O) groups excluding carboxylic acids is 1. The summed E-state index contributed by atoms with van der Waals surface area (Å²) in [7, 11) is 0. The van der Waals surface area contributed by atoms with Crippen LogP contribution in [-0.2, 0) is 9.59 Å². The van der Waals surface area contributed by atoms with Gasteiger partial charge in [-0.25, -0.2) is 4.79 Å². The molecule has 2 atom stereocenters. The normalized spacial score (nSPS) is 25.5. The van der Waals surface area contributed by atoms with Gasteiger partial charge in [0.25, 0.3) is 0 Å². The van der Waals surface area contributed by atoms with Crippen molar-refractivity contribution in [1.29, 1.82) is 0 Å². The van der Waals surface area contributed by atoms with Crippen molar-refractivity contribution < 1.29 is 19.8 Å². The molecule has 1 saturated heterocycles. The Morgan fingerprint density at radius 1 is 1.53 bits per heavy atom. The molecule has 4 N–H and O–H groups in total. The number of hydrogen-bond acceptors (Lipinski definition) is 4. The Kier molecular flexibility index (Phi) is 4.89. The first-order chi connectivity index (χ1) is 8.05. The molecule has 2 unspecified atom stereocenters. The molecule has 0 aromatic carbocycles. The van der Waals surface area contributed by atoms with E-state index in [2.05, 4.69) is 10.6 Å². The van der Waals surface area contributed by atoms with Gasteiger partial charge in [-0.3, -0.25) is 4.79 Å². The second-order valence-corrected chi connectivity index (χ2v) is 4.41. The molecule has 0 aliphatic carbocycles. The summed E-state index contributed by atoms with van der Waals surface area (Å²) in [6.45, 7) is 2.16. The SMILES string of the molecule is CCCC1(C(=O)NC(CO)C(=O)O)CCCN1. The van der Waals surface area contributed by atoms with E-state index in [0.29, 0.717) is 12.8 Å². The molecule has 1 rings (SSSR count). The fraction of sp³-hybridized carbons (Fsp3) is 0.818. The lowest BCUT2D eigenvalue weighted by Gasteiger charge is -2.29. The average Bonchev–Trinajstić information content (AvgIpc) is 2.75. The van der Waals surface area contributed by atoms with E-state index >= 15 is 0 Å². The van der Waals surface area contributed by atoms with Crippen molar-refractivity contribution >= 4 is 11.9 Å². The van der Waals surface area contributed by atoms with Gasteiger partial charge in [0, 0.05) is 0 Å². The minimum atomic E-state index is -1.22. The largest absolute Gasteiger partial charge is 0.480 e. The average molecular weight is 244 g/mol. The van der Waals surface area contributed by atoms with Crippen LogP contribution >= 0.6 is 0 Å². The second-order valence-electron chi connectivity index (χ2n) is 4.41. The van der Waals surface area contributed by atoms with Crippen LogP contribution in [0.25, 0.3) is 0 Å². The summed E-state index contributed by atoms with van der Waals surface area (Å²) in [5.41, 5.74) is -0.655. The maximum Gasteiger partial charge on any atom is 0.328 e. The van der Waals surface area contributed by atoms with Crippen LogP contribution in [-0.4, -0.2) is 46.8 Å². The summed E-state index contributed by atoms with van der Waals surface area (Å²) in [5, 5.41) is 23.2. The van der Waals surface area contributed by atoms with E-state index in [9.17, 15) is 9.59 Å². The van der Waals surface area contributed by atoms with Crippen LogP contribution < -0.4 is 10.6 Å². The molecule has 6 nitrogen and oxygen atoms in total. The Hall–Kier alpha value is -1.14. The molecule has 1 fully saturated rings. The van der Waals surface area contributed by atoms with Crippen molar-refractivity contribution in [2.24, 2.45) is 0 Å². The van der Waals surface area contributed by atoms with Gasteiger partial charge in [0.05, 0.1) is 12.1 Å². The number of hydrogen-bond donors (Lipinski definition) is 4. The van der Waals surface area contributed by atoms with Crippen LogP contribution in [0.2, 0.25) is 0 Å². The Balaban J connectivity index is 2.68. The third kappa shape index (κ3) is 3.17. The third-order valence-electron chi connectivity index (χ3n) is 3.14. The van der Waals surface area contributed by atoms with Crippen LogP contribution in [0.1, 0.15) is 32.6 Å². The van der Waals surface area contributed by atoms with Crippen LogP contribution in [0.3, 0.4) is 0 Å². The quantitative estimate of drug-likeness (QED) is 0.503. The van der Waals surface area contributed by atoms with Crippen LogP contribution in [0, 0.1) is 0 Å². The minimum absolute atomic E-state index is 0.321. The van der Waals surface area contributed by atoms with Gasteiger partial charge in [-0.2, -0.15) is 0 Å². The van der Waals surface area contributed by atoms with E-state index in [-0.39, 0.29) is 5.91 Å². The van der Waals surface area contributed by atoms with Crippen molar-refractivity contribution in [3.8, 4) is 0 Å². The molecule has 17 heavy (non-hydrogen) atoms. The third-order valence-corrected chi connectivity index (χ3v) is 3.14. The van der Waals surface area contributed by atoms with Crippen molar-refractivity contribution in [2.75, 3.05) is 13.2 Å². The topological polar surface area (TPSA) is 98.7 Å².